The Bertz CT molecular complexity index is 508. The molecule has 1 fully saturated rings. The quantitative estimate of drug-likeness (QED) is 0.205. The number of hydrogen-bond acceptors (Lipinski definition) is 6. The van der Waals surface area contributed by atoms with Crippen molar-refractivity contribution >= 4 is 11.6 Å². The molecule has 1 aliphatic heterocycles. The molecule has 0 bridgehead atoms. The summed E-state index contributed by atoms with van der Waals surface area (Å²) in [5.74, 6) is -2.65. The lowest BCUT2D eigenvalue weighted by atomic mass is 9.92. The normalized spacial score (nSPS) is 29.5. The lowest BCUT2D eigenvalue weighted by molar-refractivity contribution is -0.280. The fourth-order valence-electron chi connectivity index (χ4n) is 2.29. The lowest BCUT2D eigenvalue weighted by Crippen LogP contribution is -2.70. The van der Waals surface area contributed by atoms with Crippen LogP contribution in [0.3, 0.4) is 0 Å². The second kappa shape index (κ2) is 5.96. The van der Waals surface area contributed by atoms with E-state index in [9.17, 15) is 25.5 Å². The Balaban J connectivity index is 2.29. The molecule has 1 aromatic rings. The van der Waals surface area contributed by atoms with Crippen LogP contribution < -0.4 is 5.73 Å². The fourth-order valence-corrected chi connectivity index (χ4v) is 2.29. The highest BCUT2D eigenvalue weighted by Crippen LogP contribution is 2.25. The lowest BCUT2D eigenvalue weighted by Gasteiger charge is -2.47. The van der Waals surface area contributed by atoms with Crippen molar-refractivity contribution in [2.75, 3.05) is 13.2 Å². The van der Waals surface area contributed by atoms with Crippen LogP contribution in [0, 0.1) is 0 Å². The van der Waals surface area contributed by atoms with Crippen LogP contribution in [-0.4, -0.2) is 73.6 Å². The van der Waals surface area contributed by atoms with Gasteiger partial charge in [-0.15, -0.1) is 0 Å². The predicted molar refractivity (Wildman–Crippen MR) is 74.5 cm³/mol. The molecule has 0 aromatic heterocycles. The molecule has 0 unspecified atom stereocenters. The Morgan fingerprint density at radius 2 is 1.90 bits per heavy atom. The summed E-state index contributed by atoms with van der Waals surface area (Å²) in [7, 11) is 0. The van der Waals surface area contributed by atoms with E-state index in [1.807, 2.05) is 0 Å². The van der Waals surface area contributed by atoms with E-state index in [2.05, 4.69) is 4.99 Å². The summed E-state index contributed by atoms with van der Waals surface area (Å²) in [6.45, 7) is -1.02. The summed E-state index contributed by atoms with van der Waals surface area (Å²) >= 11 is 0. The van der Waals surface area contributed by atoms with Gasteiger partial charge >= 0.3 is 0 Å². The van der Waals surface area contributed by atoms with Gasteiger partial charge in [-0.25, -0.2) is 4.99 Å². The Kier molecular flexibility index (Phi) is 4.45. The van der Waals surface area contributed by atoms with Crippen LogP contribution in [0.5, 0.6) is 0 Å². The van der Waals surface area contributed by atoms with Crippen LogP contribution >= 0.6 is 0 Å². The molecule has 0 radical (unpaired) electrons. The molecule has 8 heteroatoms. The van der Waals surface area contributed by atoms with E-state index in [0.717, 1.165) is 4.90 Å². The number of nitrogens with zero attached hydrogens (tertiary/aromatic N) is 2. The average Bonchev–Trinajstić information content (AvgIpc) is 2.45. The molecule has 1 aromatic carbocycles. The minimum atomic E-state index is -2.55. The summed E-state index contributed by atoms with van der Waals surface area (Å²) in [6, 6.07) is 7.72. The molecule has 3 atom stereocenters. The van der Waals surface area contributed by atoms with Crippen molar-refractivity contribution in [2.24, 2.45) is 10.7 Å². The molecular weight excluding hydrogens is 278 g/mol. The van der Waals surface area contributed by atoms with Crippen molar-refractivity contribution in [3.63, 3.8) is 0 Å². The van der Waals surface area contributed by atoms with Crippen LogP contribution in [0.2, 0.25) is 0 Å². The van der Waals surface area contributed by atoms with Crippen molar-refractivity contribution < 1.29 is 25.5 Å². The van der Waals surface area contributed by atoms with Gasteiger partial charge in [0, 0.05) is 0 Å². The van der Waals surface area contributed by atoms with E-state index in [4.69, 9.17) is 5.73 Å². The monoisotopic (exact) mass is 297 g/mol. The van der Waals surface area contributed by atoms with E-state index in [0.29, 0.717) is 5.69 Å². The zero-order chi connectivity index (χ0) is 15.6. The van der Waals surface area contributed by atoms with Gasteiger partial charge in [0.1, 0.15) is 12.2 Å². The van der Waals surface area contributed by atoms with Crippen molar-refractivity contribution in [3.8, 4) is 0 Å². The number of para-hydroxylation sites is 1. The van der Waals surface area contributed by atoms with E-state index in [1.165, 1.54) is 0 Å². The highest BCUT2D eigenvalue weighted by molar-refractivity contribution is 5.81. The molecule has 0 saturated carbocycles. The second-order valence-corrected chi connectivity index (χ2v) is 5.00. The second-order valence-electron chi connectivity index (χ2n) is 5.00. The van der Waals surface area contributed by atoms with Gasteiger partial charge in [-0.2, -0.15) is 0 Å². The zero-order valence-corrected chi connectivity index (χ0v) is 11.2. The number of aliphatic imine (C=N–C) groups is 1. The SMILES string of the molecule is NC(=Nc1ccccc1)N1CC(O)(O)[C@@H](O)[C@H](O)[C@@H]1CO. The first-order valence-electron chi connectivity index (χ1n) is 6.44. The fraction of sp³-hybridized carbons (Fsp3) is 0.462. The van der Waals surface area contributed by atoms with Gasteiger partial charge < -0.3 is 36.2 Å². The van der Waals surface area contributed by atoms with Crippen LogP contribution in [0.4, 0.5) is 5.69 Å². The standard InChI is InChI=1S/C13H19N3O5/c14-12(15-8-4-2-1-3-5-8)16-7-13(20,21)11(19)10(18)9(16)6-17/h1-5,9-11,17-21H,6-7H2,(H2,14,15)/t9-,10+,11-/m0/s1. The summed E-state index contributed by atoms with van der Waals surface area (Å²) in [5.41, 5.74) is 6.36. The number of aliphatic hydroxyl groups is 5. The molecule has 0 amide bonds. The number of β-amino-alcohol motifs (C(OH)–C–C–N with tert-alkyl or cyclic N) is 2. The highest BCUT2D eigenvalue weighted by Gasteiger charge is 2.50. The average molecular weight is 297 g/mol. The third-order valence-electron chi connectivity index (χ3n) is 3.48. The topological polar surface area (TPSA) is 143 Å². The maximum absolute atomic E-state index is 9.88. The first kappa shape index (κ1) is 15.7. The zero-order valence-electron chi connectivity index (χ0n) is 11.2. The Labute approximate surface area is 121 Å². The third-order valence-corrected chi connectivity index (χ3v) is 3.48. The highest BCUT2D eigenvalue weighted by atomic mass is 16.5. The molecule has 1 aliphatic rings. The molecule has 7 N–H and O–H groups in total. The Morgan fingerprint density at radius 1 is 1.29 bits per heavy atom. The molecule has 2 rings (SSSR count). The number of aliphatic hydroxyl groups excluding tert-OH is 3. The minimum Gasteiger partial charge on any atom is -0.394 e. The third kappa shape index (κ3) is 3.14. The summed E-state index contributed by atoms with van der Waals surface area (Å²) in [5, 5.41) is 48.3. The van der Waals surface area contributed by atoms with Gasteiger partial charge in [0.15, 0.2) is 5.96 Å². The van der Waals surface area contributed by atoms with Crippen molar-refractivity contribution in [3.05, 3.63) is 30.3 Å². The van der Waals surface area contributed by atoms with Gasteiger partial charge in [0.05, 0.1) is 24.9 Å². The number of nitrogens with two attached hydrogens (primary N) is 1. The van der Waals surface area contributed by atoms with Gasteiger partial charge in [-0.1, -0.05) is 18.2 Å². The molecule has 1 heterocycles. The first-order valence-corrected chi connectivity index (χ1v) is 6.44. The summed E-state index contributed by atoms with van der Waals surface area (Å²) in [4.78, 5) is 5.26. The van der Waals surface area contributed by atoms with E-state index < -0.39 is 37.2 Å². The maximum atomic E-state index is 9.88. The van der Waals surface area contributed by atoms with Crippen LogP contribution in [-0.2, 0) is 0 Å². The largest absolute Gasteiger partial charge is 0.394 e. The predicted octanol–water partition coefficient (Wildman–Crippen LogP) is -2.29. The first-order chi connectivity index (χ1) is 9.86. The minimum absolute atomic E-state index is 0.0984. The van der Waals surface area contributed by atoms with Gasteiger partial charge in [0.2, 0.25) is 5.79 Å². The number of piperidine rings is 1. The Hall–Kier alpha value is -1.71. The summed E-state index contributed by atoms with van der Waals surface area (Å²) < 4.78 is 0. The van der Waals surface area contributed by atoms with Crippen molar-refractivity contribution in [1.29, 1.82) is 0 Å². The van der Waals surface area contributed by atoms with Crippen LogP contribution in [0.25, 0.3) is 0 Å². The molecule has 0 aliphatic carbocycles. The number of guanidine groups is 1. The number of benzene rings is 1. The number of rotatable bonds is 2. The maximum Gasteiger partial charge on any atom is 0.210 e. The Morgan fingerprint density at radius 3 is 2.48 bits per heavy atom. The van der Waals surface area contributed by atoms with Gasteiger partial charge in [-0.05, 0) is 12.1 Å². The molecule has 116 valence electrons. The van der Waals surface area contributed by atoms with E-state index in [1.54, 1.807) is 30.3 Å². The molecular formula is C13H19N3O5. The molecule has 21 heavy (non-hydrogen) atoms. The number of hydrogen-bond donors (Lipinski definition) is 6. The van der Waals surface area contributed by atoms with Gasteiger partial charge in [-0.3, -0.25) is 0 Å². The van der Waals surface area contributed by atoms with Crippen molar-refractivity contribution in [2.45, 2.75) is 24.0 Å². The van der Waals surface area contributed by atoms with Crippen LogP contribution in [0.15, 0.2) is 35.3 Å². The molecule has 8 nitrogen and oxygen atoms in total. The molecule has 0 spiro atoms. The van der Waals surface area contributed by atoms with Gasteiger partial charge in [0.25, 0.3) is 0 Å². The van der Waals surface area contributed by atoms with E-state index in [-0.39, 0.29) is 5.96 Å². The summed E-state index contributed by atoms with van der Waals surface area (Å²) in [6.07, 6.45) is -3.39. The number of likely N-dealkylation sites (tertiary alicyclic amines) is 1. The van der Waals surface area contributed by atoms with Crippen LogP contribution in [0.1, 0.15) is 0 Å². The van der Waals surface area contributed by atoms with Crippen molar-refractivity contribution in [1.82, 2.24) is 4.90 Å². The van der Waals surface area contributed by atoms with E-state index >= 15 is 0 Å². The molecule has 1 saturated heterocycles. The smallest absolute Gasteiger partial charge is 0.210 e.